The van der Waals surface area contributed by atoms with Gasteiger partial charge in [0.05, 0.1) is 17.8 Å². The Hall–Kier alpha value is -3.81. The van der Waals surface area contributed by atoms with Crippen molar-refractivity contribution in [3.8, 4) is 0 Å². The zero-order valence-electron chi connectivity index (χ0n) is 14.5. The van der Waals surface area contributed by atoms with E-state index in [-0.39, 0.29) is 5.95 Å². The topological polar surface area (TPSA) is 106 Å². The van der Waals surface area contributed by atoms with Crippen LogP contribution in [-0.4, -0.2) is 36.4 Å². The van der Waals surface area contributed by atoms with Crippen LogP contribution < -0.4 is 5.32 Å². The van der Waals surface area contributed by atoms with E-state index in [0.717, 1.165) is 11.2 Å². The Morgan fingerprint density at radius 3 is 2.74 bits per heavy atom. The van der Waals surface area contributed by atoms with Crippen LogP contribution in [0.1, 0.15) is 21.7 Å². The zero-order valence-corrected chi connectivity index (χ0v) is 14.5. The molecule has 1 amide bonds. The van der Waals surface area contributed by atoms with Gasteiger partial charge < -0.3 is 4.98 Å². The van der Waals surface area contributed by atoms with Crippen LogP contribution in [0.4, 0.5) is 5.95 Å². The lowest BCUT2D eigenvalue weighted by Gasteiger charge is -2.02. The van der Waals surface area contributed by atoms with E-state index in [1.54, 1.807) is 23.9 Å². The molecule has 2 N–H and O–H groups in total. The van der Waals surface area contributed by atoms with Crippen molar-refractivity contribution in [1.82, 2.24) is 24.7 Å². The third-order valence-corrected chi connectivity index (χ3v) is 4.14. The number of pyridine rings is 1. The first kappa shape index (κ1) is 16.6. The van der Waals surface area contributed by atoms with Crippen molar-refractivity contribution in [3.63, 3.8) is 0 Å². The highest BCUT2D eigenvalue weighted by atomic mass is 16.2. The Balaban J connectivity index is 1.50. The highest BCUT2D eigenvalue weighted by Crippen LogP contribution is 2.22. The maximum absolute atomic E-state index is 12.6. The molecule has 0 aliphatic heterocycles. The van der Waals surface area contributed by atoms with E-state index in [4.69, 9.17) is 0 Å². The summed E-state index contributed by atoms with van der Waals surface area (Å²) in [6.07, 6.45) is 3.17. The largest absolute Gasteiger partial charge is 0.358 e. The van der Waals surface area contributed by atoms with Crippen LogP contribution in [0.15, 0.2) is 55.0 Å². The van der Waals surface area contributed by atoms with E-state index in [0.29, 0.717) is 23.2 Å². The molecular formula is C19H16N6O2. The molecule has 0 saturated heterocycles. The highest BCUT2D eigenvalue weighted by molar-refractivity contribution is 6.48. The molecule has 8 nitrogen and oxygen atoms in total. The van der Waals surface area contributed by atoms with Gasteiger partial charge in [0.2, 0.25) is 5.95 Å². The molecule has 3 aromatic heterocycles. The van der Waals surface area contributed by atoms with Gasteiger partial charge in [-0.15, -0.1) is 5.10 Å². The van der Waals surface area contributed by atoms with Crippen molar-refractivity contribution in [3.05, 3.63) is 71.9 Å². The molecule has 0 bridgehead atoms. The second-order valence-corrected chi connectivity index (χ2v) is 6.04. The number of ketones is 1. The molecule has 4 rings (SSSR count). The average molecular weight is 360 g/mol. The smallest absolute Gasteiger partial charge is 0.299 e. The second-order valence-electron chi connectivity index (χ2n) is 6.04. The standard InChI is InChI=1S/C19H16N6O2/c1-12-16(14-7-2-3-8-15(14)22-12)17(26)18(27)23-19-21-11-25(24-19)10-13-6-4-5-9-20-13/h2-9,11,22H,10H2,1H3,(H,23,24,27). The number of para-hydroxylation sites is 1. The van der Waals surface area contributed by atoms with Gasteiger partial charge in [-0.1, -0.05) is 24.3 Å². The van der Waals surface area contributed by atoms with Gasteiger partial charge in [0.15, 0.2) is 0 Å². The number of hydrogen-bond donors (Lipinski definition) is 2. The number of amides is 1. The maximum Gasteiger partial charge on any atom is 0.299 e. The van der Waals surface area contributed by atoms with E-state index in [1.165, 1.54) is 6.33 Å². The highest BCUT2D eigenvalue weighted by Gasteiger charge is 2.23. The molecule has 0 spiro atoms. The second kappa shape index (κ2) is 6.83. The average Bonchev–Trinajstić information content (AvgIpc) is 3.24. The fourth-order valence-corrected chi connectivity index (χ4v) is 2.93. The predicted octanol–water partition coefficient (Wildman–Crippen LogP) is 2.33. The summed E-state index contributed by atoms with van der Waals surface area (Å²) in [4.78, 5) is 36.4. The number of aromatic amines is 1. The number of rotatable bonds is 5. The number of benzene rings is 1. The SMILES string of the molecule is Cc1[nH]c2ccccc2c1C(=O)C(=O)Nc1ncn(Cc2ccccn2)n1. The van der Waals surface area contributed by atoms with E-state index >= 15 is 0 Å². The number of hydrogen-bond acceptors (Lipinski definition) is 5. The lowest BCUT2D eigenvalue weighted by molar-refractivity contribution is -0.112. The van der Waals surface area contributed by atoms with Gasteiger partial charge >= 0.3 is 0 Å². The molecule has 8 heteroatoms. The number of aryl methyl sites for hydroxylation is 1. The molecule has 1 aromatic carbocycles. The molecule has 134 valence electrons. The van der Waals surface area contributed by atoms with Gasteiger partial charge in [-0.25, -0.2) is 9.67 Å². The van der Waals surface area contributed by atoms with Crippen molar-refractivity contribution in [1.29, 1.82) is 0 Å². The number of nitrogens with one attached hydrogen (secondary N) is 2. The number of aromatic nitrogens is 5. The summed E-state index contributed by atoms with van der Waals surface area (Å²) in [5.74, 6) is -1.34. The molecule has 3 heterocycles. The van der Waals surface area contributed by atoms with Crippen LogP contribution in [0.5, 0.6) is 0 Å². The van der Waals surface area contributed by atoms with Gasteiger partial charge in [0, 0.05) is 22.8 Å². The van der Waals surface area contributed by atoms with E-state index < -0.39 is 11.7 Å². The minimum absolute atomic E-state index is 0.0711. The Morgan fingerprint density at radius 2 is 1.93 bits per heavy atom. The molecule has 0 radical (unpaired) electrons. The number of H-pyrrole nitrogens is 1. The predicted molar refractivity (Wildman–Crippen MR) is 99.4 cm³/mol. The first-order valence-corrected chi connectivity index (χ1v) is 8.34. The number of carbonyl (C=O) groups is 2. The number of carbonyl (C=O) groups excluding carboxylic acids is 2. The number of fused-ring (bicyclic) bond motifs is 1. The molecule has 27 heavy (non-hydrogen) atoms. The summed E-state index contributed by atoms with van der Waals surface area (Å²) < 4.78 is 1.54. The number of Topliss-reactive ketones (excluding diaryl/α,β-unsaturated/α-hetero) is 1. The van der Waals surface area contributed by atoms with E-state index in [9.17, 15) is 9.59 Å². The fraction of sp³-hybridized carbons (Fsp3) is 0.105. The van der Waals surface area contributed by atoms with Crippen molar-refractivity contribution in [2.45, 2.75) is 13.5 Å². The summed E-state index contributed by atoms with van der Waals surface area (Å²) in [6.45, 7) is 2.18. The summed E-state index contributed by atoms with van der Waals surface area (Å²) in [6, 6.07) is 12.9. The lowest BCUT2D eigenvalue weighted by Crippen LogP contribution is -2.24. The van der Waals surface area contributed by atoms with Crippen LogP contribution >= 0.6 is 0 Å². The van der Waals surface area contributed by atoms with Crippen LogP contribution in [0.25, 0.3) is 10.9 Å². The minimum Gasteiger partial charge on any atom is -0.358 e. The van der Waals surface area contributed by atoms with Crippen molar-refractivity contribution in [2.75, 3.05) is 5.32 Å². The summed E-state index contributed by atoms with van der Waals surface area (Å²) in [5, 5.41) is 7.34. The third kappa shape index (κ3) is 3.32. The summed E-state index contributed by atoms with van der Waals surface area (Å²) in [7, 11) is 0. The Kier molecular flexibility index (Phi) is 4.21. The minimum atomic E-state index is -0.779. The molecule has 0 aliphatic carbocycles. The number of nitrogens with zero attached hydrogens (tertiary/aromatic N) is 4. The van der Waals surface area contributed by atoms with Crippen LogP contribution in [-0.2, 0) is 11.3 Å². The van der Waals surface area contributed by atoms with Gasteiger partial charge in [0.25, 0.3) is 11.7 Å². The van der Waals surface area contributed by atoms with Crippen LogP contribution in [0.3, 0.4) is 0 Å². The monoisotopic (exact) mass is 360 g/mol. The van der Waals surface area contributed by atoms with Gasteiger partial charge in [-0.3, -0.25) is 19.9 Å². The van der Waals surface area contributed by atoms with Gasteiger partial charge in [0.1, 0.15) is 6.33 Å². The van der Waals surface area contributed by atoms with Crippen LogP contribution in [0.2, 0.25) is 0 Å². The lowest BCUT2D eigenvalue weighted by atomic mass is 10.1. The summed E-state index contributed by atoms with van der Waals surface area (Å²) in [5.41, 5.74) is 2.62. The van der Waals surface area contributed by atoms with Crippen molar-refractivity contribution in [2.24, 2.45) is 0 Å². The molecule has 0 aliphatic rings. The quantitative estimate of drug-likeness (QED) is 0.420. The Morgan fingerprint density at radius 1 is 1.11 bits per heavy atom. The molecule has 4 aromatic rings. The normalized spacial score (nSPS) is 10.9. The first-order valence-electron chi connectivity index (χ1n) is 8.34. The summed E-state index contributed by atoms with van der Waals surface area (Å²) >= 11 is 0. The zero-order chi connectivity index (χ0) is 18.8. The van der Waals surface area contributed by atoms with Crippen molar-refractivity contribution < 1.29 is 9.59 Å². The molecule has 0 unspecified atom stereocenters. The Bertz CT molecular complexity index is 1130. The van der Waals surface area contributed by atoms with Crippen LogP contribution in [0, 0.1) is 6.92 Å². The van der Waals surface area contributed by atoms with E-state index in [1.807, 2.05) is 36.4 Å². The maximum atomic E-state index is 12.6. The molecule has 0 atom stereocenters. The number of anilines is 1. The third-order valence-electron chi connectivity index (χ3n) is 4.14. The first-order chi connectivity index (χ1) is 13.1. The molecule has 0 saturated carbocycles. The van der Waals surface area contributed by atoms with E-state index in [2.05, 4.69) is 25.4 Å². The van der Waals surface area contributed by atoms with Gasteiger partial charge in [-0.05, 0) is 25.1 Å². The fourth-order valence-electron chi connectivity index (χ4n) is 2.93. The molecule has 0 fully saturated rings. The van der Waals surface area contributed by atoms with Gasteiger partial charge in [-0.2, -0.15) is 0 Å². The Labute approximate surface area is 154 Å². The van der Waals surface area contributed by atoms with Crippen molar-refractivity contribution >= 4 is 28.5 Å². The molecular weight excluding hydrogens is 344 g/mol.